The number of benzene rings is 1. The number of ether oxygens (including phenoxy) is 2. The van der Waals surface area contributed by atoms with E-state index in [9.17, 15) is 4.79 Å². The van der Waals surface area contributed by atoms with Gasteiger partial charge in [-0.2, -0.15) is 0 Å². The average molecular weight is 434 g/mol. The van der Waals surface area contributed by atoms with E-state index >= 15 is 0 Å². The lowest BCUT2D eigenvalue weighted by atomic mass is 10.2. The van der Waals surface area contributed by atoms with Gasteiger partial charge in [-0.25, -0.2) is 4.98 Å². The molecule has 0 saturated heterocycles. The summed E-state index contributed by atoms with van der Waals surface area (Å²) in [6, 6.07) is 5.17. The van der Waals surface area contributed by atoms with Gasteiger partial charge in [-0.15, -0.1) is 0 Å². The van der Waals surface area contributed by atoms with E-state index in [-0.39, 0.29) is 25.9 Å². The molecule has 2 heterocycles. The molecule has 1 aliphatic carbocycles. The molecule has 5 nitrogen and oxygen atoms in total. The molecule has 26 heavy (non-hydrogen) atoms. The molecular weight excluding hydrogens is 422 g/mol. The fourth-order valence-electron chi connectivity index (χ4n) is 3.12. The van der Waals surface area contributed by atoms with Gasteiger partial charge < -0.3 is 14.8 Å². The van der Waals surface area contributed by atoms with E-state index in [1.165, 1.54) is 0 Å². The predicted octanol–water partition coefficient (Wildman–Crippen LogP) is 5.99. The predicted molar refractivity (Wildman–Crippen MR) is 101 cm³/mol. The second-order valence-electron chi connectivity index (χ2n) is 6.13. The molecule has 4 rings (SSSR count). The smallest absolute Gasteiger partial charge is 0.275 e. The quantitative estimate of drug-likeness (QED) is 0.591. The maximum atomic E-state index is 12.5. The normalized spacial score (nSPS) is 16.9. The van der Waals surface area contributed by atoms with Crippen LogP contribution in [-0.2, 0) is 0 Å². The number of carbonyl (C=O) groups is 1. The van der Waals surface area contributed by atoms with Gasteiger partial charge in [0.2, 0.25) is 0 Å². The topological polar surface area (TPSA) is 60.5 Å². The number of halogens is 4. The summed E-state index contributed by atoms with van der Waals surface area (Å²) in [6.07, 6.45) is 3.84. The molecule has 0 radical (unpaired) electrons. The average Bonchev–Trinajstić information content (AvgIpc) is 3.21. The maximum Gasteiger partial charge on any atom is 0.275 e. The Morgan fingerprint density at radius 1 is 1.00 bits per heavy atom. The van der Waals surface area contributed by atoms with E-state index in [4.69, 9.17) is 55.9 Å². The van der Waals surface area contributed by atoms with Crippen LogP contribution >= 0.6 is 46.4 Å². The summed E-state index contributed by atoms with van der Waals surface area (Å²) in [4.78, 5) is 16.4. The Labute approximate surface area is 169 Å². The lowest BCUT2D eigenvalue weighted by molar-refractivity contribution is -0.0716. The van der Waals surface area contributed by atoms with Gasteiger partial charge in [0, 0.05) is 24.6 Å². The maximum absolute atomic E-state index is 12.5. The van der Waals surface area contributed by atoms with Crippen LogP contribution in [0.3, 0.4) is 0 Å². The fraction of sp³-hybridized carbons (Fsp3) is 0.294. The van der Waals surface area contributed by atoms with Crippen molar-refractivity contribution in [2.75, 3.05) is 5.32 Å². The van der Waals surface area contributed by atoms with Crippen LogP contribution < -0.4 is 14.8 Å². The van der Waals surface area contributed by atoms with Crippen LogP contribution in [0.1, 0.15) is 36.2 Å². The van der Waals surface area contributed by atoms with Crippen LogP contribution in [0.5, 0.6) is 11.5 Å². The molecule has 1 aliphatic heterocycles. The number of rotatable bonds is 2. The standard InChI is InChI=1S/C17H12Cl4N2O3/c18-11-12(19)14(23-15(21)13(11)20)16(24)22-8-3-4-9-10(7-8)26-17(25-9)5-1-2-6-17/h3-4,7H,1-2,5-6H2,(H,22,24). The van der Waals surface area contributed by atoms with E-state index in [1.54, 1.807) is 18.2 Å². The third-order valence-electron chi connectivity index (χ3n) is 4.36. The molecule has 1 spiro atoms. The SMILES string of the molecule is O=C(Nc1ccc2c(c1)OC1(CCCC1)O2)c1nc(Cl)c(Cl)c(Cl)c1Cl. The largest absolute Gasteiger partial charge is 0.448 e. The highest BCUT2D eigenvalue weighted by Crippen LogP contribution is 2.47. The molecule has 2 aliphatic rings. The first-order valence-corrected chi connectivity index (χ1v) is 9.43. The highest BCUT2D eigenvalue weighted by molar-refractivity contribution is 6.52. The monoisotopic (exact) mass is 432 g/mol. The Bertz CT molecular complexity index is 913. The summed E-state index contributed by atoms with van der Waals surface area (Å²) in [6.45, 7) is 0. The summed E-state index contributed by atoms with van der Waals surface area (Å²) in [5.74, 6) is 0.132. The molecule has 1 fully saturated rings. The number of anilines is 1. The minimum atomic E-state index is -0.565. The third kappa shape index (κ3) is 3.07. The molecule has 1 aromatic heterocycles. The minimum absolute atomic E-state index is 0.000163. The van der Waals surface area contributed by atoms with E-state index in [0.29, 0.717) is 17.2 Å². The zero-order valence-corrected chi connectivity index (χ0v) is 16.3. The molecule has 0 atom stereocenters. The van der Waals surface area contributed by atoms with Crippen molar-refractivity contribution in [3.05, 3.63) is 44.1 Å². The van der Waals surface area contributed by atoms with Gasteiger partial charge in [-0.1, -0.05) is 46.4 Å². The third-order valence-corrected chi connectivity index (χ3v) is 6.04. The van der Waals surface area contributed by atoms with E-state index in [1.807, 2.05) is 0 Å². The fourth-order valence-corrected chi connectivity index (χ4v) is 3.93. The van der Waals surface area contributed by atoms with Gasteiger partial charge in [0.15, 0.2) is 11.5 Å². The van der Waals surface area contributed by atoms with Crippen LogP contribution in [0.25, 0.3) is 0 Å². The van der Waals surface area contributed by atoms with Crippen molar-refractivity contribution in [3.63, 3.8) is 0 Å². The van der Waals surface area contributed by atoms with Gasteiger partial charge in [0.25, 0.3) is 11.7 Å². The van der Waals surface area contributed by atoms with Crippen molar-refractivity contribution in [3.8, 4) is 11.5 Å². The molecule has 1 amide bonds. The molecule has 1 aromatic carbocycles. The van der Waals surface area contributed by atoms with Gasteiger partial charge in [0.1, 0.15) is 10.8 Å². The Balaban J connectivity index is 1.57. The zero-order chi connectivity index (χ0) is 18.5. The van der Waals surface area contributed by atoms with E-state index in [0.717, 1.165) is 25.7 Å². The lowest BCUT2D eigenvalue weighted by Gasteiger charge is -2.21. The molecule has 9 heteroatoms. The Kier molecular flexibility index (Phi) is 4.59. The van der Waals surface area contributed by atoms with E-state index in [2.05, 4.69) is 10.3 Å². The number of hydrogen-bond donors (Lipinski definition) is 1. The van der Waals surface area contributed by atoms with Crippen molar-refractivity contribution in [2.24, 2.45) is 0 Å². The van der Waals surface area contributed by atoms with Crippen LogP contribution in [0, 0.1) is 0 Å². The summed E-state index contributed by atoms with van der Waals surface area (Å²) < 4.78 is 11.9. The molecule has 0 unspecified atom stereocenters. The number of nitrogens with one attached hydrogen (secondary N) is 1. The zero-order valence-electron chi connectivity index (χ0n) is 13.2. The number of hydrogen-bond acceptors (Lipinski definition) is 4. The summed E-state index contributed by atoms with van der Waals surface area (Å²) in [7, 11) is 0. The summed E-state index contributed by atoms with van der Waals surface area (Å²) in [5, 5.41) is 2.52. The van der Waals surface area contributed by atoms with Crippen molar-refractivity contribution in [2.45, 2.75) is 31.5 Å². The van der Waals surface area contributed by atoms with E-state index < -0.39 is 11.7 Å². The first-order chi connectivity index (χ1) is 12.4. The van der Waals surface area contributed by atoms with Gasteiger partial charge in [-0.3, -0.25) is 4.79 Å². The summed E-state index contributed by atoms with van der Waals surface area (Å²) >= 11 is 23.8. The second kappa shape index (κ2) is 6.64. The molecule has 1 saturated carbocycles. The molecule has 0 bridgehead atoms. The van der Waals surface area contributed by atoms with Crippen LogP contribution in [0.4, 0.5) is 5.69 Å². The number of carbonyl (C=O) groups excluding carboxylic acids is 1. The van der Waals surface area contributed by atoms with Crippen LogP contribution in [0.2, 0.25) is 20.2 Å². The van der Waals surface area contributed by atoms with Crippen LogP contribution in [-0.4, -0.2) is 16.7 Å². The number of amides is 1. The van der Waals surface area contributed by atoms with Gasteiger partial charge >= 0.3 is 0 Å². The first kappa shape index (κ1) is 18.0. The van der Waals surface area contributed by atoms with Crippen molar-refractivity contribution in [1.29, 1.82) is 0 Å². The second-order valence-corrected chi connectivity index (χ2v) is 7.62. The van der Waals surface area contributed by atoms with Crippen molar-refractivity contribution in [1.82, 2.24) is 4.98 Å². The Hall–Kier alpha value is -1.40. The number of pyridine rings is 1. The lowest BCUT2D eigenvalue weighted by Crippen LogP contribution is -2.34. The molecule has 1 N–H and O–H groups in total. The number of fused-ring (bicyclic) bond motifs is 1. The number of nitrogens with zero attached hydrogens (tertiary/aromatic N) is 1. The highest BCUT2D eigenvalue weighted by atomic mass is 35.5. The van der Waals surface area contributed by atoms with Gasteiger partial charge in [0.05, 0.1) is 15.1 Å². The van der Waals surface area contributed by atoms with Crippen LogP contribution in [0.15, 0.2) is 18.2 Å². The molecular formula is C17H12Cl4N2O3. The Morgan fingerprint density at radius 3 is 2.42 bits per heavy atom. The molecule has 136 valence electrons. The summed E-state index contributed by atoms with van der Waals surface area (Å²) in [5.41, 5.74) is 0.392. The Morgan fingerprint density at radius 2 is 1.69 bits per heavy atom. The minimum Gasteiger partial charge on any atom is -0.448 e. The highest BCUT2D eigenvalue weighted by Gasteiger charge is 2.44. The molecule has 2 aromatic rings. The first-order valence-electron chi connectivity index (χ1n) is 7.92. The number of aromatic nitrogens is 1. The van der Waals surface area contributed by atoms with Gasteiger partial charge in [-0.05, 0) is 25.0 Å². The van der Waals surface area contributed by atoms with Crippen molar-refractivity contribution >= 4 is 58.0 Å². The van der Waals surface area contributed by atoms with Crippen molar-refractivity contribution < 1.29 is 14.3 Å².